The van der Waals surface area contributed by atoms with E-state index in [1.807, 2.05) is 6.07 Å². The van der Waals surface area contributed by atoms with E-state index in [4.69, 9.17) is 0 Å². The van der Waals surface area contributed by atoms with Gasteiger partial charge >= 0.3 is 0 Å². The molecule has 1 unspecified atom stereocenters. The van der Waals surface area contributed by atoms with Crippen molar-refractivity contribution in [2.75, 3.05) is 13.6 Å². The Morgan fingerprint density at radius 3 is 2.89 bits per heavy atom. The number of nitrogens with zero attached hydrogens (tertiary/aromatic N) is 3. The van der Waals surface area contributed by atoms with Crippen LogP contribution in [0.1, 0.15) is 22.6 Å². The fourth-order valence-corrected chi connectivity index (χ4v) is 4.80. The number of likely N-dealkylation sites (N-methyl/N-ethyl adjacent to an activating group) is 1. The van der Waals surface area contributed by atoms with Gasteiger partial charge in [-0.2, -0.15) is 10.2 Å². The minimum absolute atomic E-state index is 0.145. The maximum atomic E-state index is 15.4. The first-order chi connectivity index (χ1) is 13.2. The van der Waals surface area contributed by atoms with Crippen molar-refractivity contribution < 1.29 is 4.39 Å². The molecule has 0 saturated heterocycles. The maximum absolute atomic E-state index is 15.4. The first-order valence-electron chi connectivity index (χ1n) is 8.95. The van der Waals surface area contributed by atoms with Crippen molar-refractivity contribution in [3.8, 4) is 11.1 Å². The number of benzene rings is 2. The van der Waals surface area contributed by atoms with Crippen LogP contribution in [0.4, 0.5) is 4.39 Å². The number of fused-ring (bicyclic) bond motifs is 2. The molecule has 27 heavy (non-hydrogen) atoms. The van der Waals surface area contributed by atoms with E-state index in [9.17, 15) is 0 Å². The molecule has 1 aliphatic rings. The largest absolute Gasteiger partial charge is 0.301 e. The molecule has 0 N–H and O–H groups in total. The monoisotopic (exact) mass is 375 g/mol. The standard InChI is InChI=1S/C22H18FN3S/c1-26-12-19(14-2-5-21-15(10-14)7-9-27-21)18-4-3-17(22(23)20(18)13-26)16-6-8-24-25-11-16/h2-11,19H,12-13H2,1H3. The summed E-state index contributed by atoms with van der Waals surface area (Å²) < 4.78 is 16.7. The van der Waals surface area contributed by atoms with Crippen molar-refractivity contribution >= 4 is 21.4 Å². The van der Waals surface area contributed by atoms with Gasteiger partial charge in [0.15, 0.2) is 0 Å². The molecule has 0 fully saturated rings. The van der Waals surface area contributed by atoms with Crippen LogP contribution in [0.5, 0.6) is 0 Å². The van der Waals surface area contributed by atoms with Gasteiger partial charge in [-0.1, -0.05) is 18.2 Å². The summed E-state index contributed by atoms with van der Waals surface area (Å²) in [5.41, 5.74) is 4.46. The second kappa shape index (κ2) is 6.51. The van der Waals surface area contributed by atoms with Crippen molar-refractivity contribution in [3.63, 3.8) is 0 Å². The predicted octanol–water partition coefficient (Wildman–Crippen LogP) is 5.07. The molecule has 2 aromatic heterocycles. The predicted molar refractivity (Wildman–Crippen MR) is 107 cm³/mol. The molecule has 3 nitrogen and oxygen atoms in total. The molecule has 2 aromatic carbocycles. The van der Waals surface area contributed by atoms with Crippen LogP contribution in [0.25, 0.3) is 21.2 Å². The van der Waals surface area contributed by atoms with Gasteiger partial charge in [0.05, 0.1) is 12.4 Å². The Labute approximate surface area is 161 Å². The average Bonchev–Trinajstić information content (AvgIpc) is 3.17. The highest BCUT2D eigenvalue weighted by molar-refractivity contribution is 7.17. The molecule has 5 heteroatoms. The summed E-state index contributed by atoms with van der Waals surface area (Å²) in [6.45, 7) is 1.50. The molecule has 1 aliphatic heterocycles. The Morgan fingerprint density at radius 1 is 1.11 bits per heavy atom. The summed E-state index contributed by atoms with van der Waals surface area (Å²) in [5.74, 6) is 0.0239. The van der Waals surface area contributed by atoms with Crippen LogP contribution < -0.4 is 0 Å². The Kier molecular flexibility index (Phi) is 3.99. The van der Waals surface area contributed by atoms with Crippen LogP contribution in [0, 0.1) is 5.82 Å². The number of aromatic nitrogens is 2. The lowest BCUT2D eigenvalue weighted by atomic mass is 9.83. The zero-order chi connectivity index (χ0) is 18.4. The molecule has 0 radical (unpaired) electrons. The SMILES string of the molecule is CN1Cc2c(ccc(-c3ccnnc3)c2F)C(c2ccc3sccc3c2)C1. The normalized spacial score (nSPS) is 17.2. The van der Waals surface area contributed by atoms with Gasteiger partial charge in [0, 0.05) is 40.4 Å². The Hall–Kier alpha value is -2.63. The molecule has 3 heterocycles. The van der Waals surface area contributed by atoms with Gasteiger partial charge in [-0.25, -0.2) is 4.39 Å². The van der Waals surface area contributed by atoms with Gasteiger partial charge < -0.3 is 4.90 Å². The molecule has 0 saturated carbocycles. The lowest BCUT2D eigenvalue weighted by molar-refractivity contribution is 0.289. The van der Waals surface area contributed by atoms with E-state index >= 15 is 4.39 Å². The lowest BCUT2D eigenvalue weighted by Gasteiger charge is -2.33. The van der Waals surface area contributed by atoms with Crippen molar-refractivity contribution in [1.82, 2.24) is 15.1 Å². The summed E-state index contributed by atoms with van der Waals surface area (Å²) in [7, 11) is 2.05. The van der Waals surface area contributed by atoms with Crippen molar-refractivity contribution in [2.45, 2.75) is 12.5 Å². The summed E-state index contributed by atoms with van der Waals surface area (Å²) in [6, 6.07) is 14.5. The van der Waals surface area contributed by atoms with E-state index in [0.717, 1.165) is 23.2 Å². The minimum Gasteiger partial charge on any atom is -0.301 e. The third-order valence-electron chi connectivity index (χ3n) is 5.35. The number of halogens is 1. The van der Waals surface area contributed by atoms with Gasteiger partial charge in [0.1, 0.15) is 5.82 Å². The number of hydrogen-bond donors (Lipinski definition) is 0. The van der Waals surface area contributed by atoms with E-state index < -0.39 is 0 Å². The Bertz CT molecular complexity index is 1120. The highest BCUT2D eigenvalue weighted by atomic mass is 32.1. The first-order valence-corrected chi connectivity index (χ1v) is 9.83. The average molecular weight is 375 g/mol. The number of rotatable bonds is 2. The highest BCUT2D eigenvalue weighted by Crippen LogP contribution is 2.38. The molecule has 5 rings (SSSR count). The van der Waals surface area contributed by atoms with E-state index in [1.54, 1.807) is 29.8 Å². The molecule has 134 valence electrons. The Balaban J connectivity index is 1.64. The quantitative estimate of drug-likeness (QED) is 0.489. The first kappa shape index (κ1) is 16.5. The Morgan fingerprint density at radius 2 is 2.04 bits per heavy atom. The van der Waals surface area contributed by atoms with Crippen LogP contribution in [0.15, 0.2) is 60.2 Å². The number of thiophene rings is 1. The zero-order valence-electron chi connectivity index (χ0n) is 14.9. The molecule has 0 bridgehead atoms. The molecular formula is C22H18FN3S. The second-order valence-electron chi connectivity index (χ2n) is 7.09. The molecule has 0 aliphatic carbocycles. The van der Waals surface area contributed by atoms with Crippen LogP contribution >= 0.6 is 11.3 Å². The maximum Gasteiger partial charge on any atom is 0.135 e. The highest BCUT2D eigenvalue weighted by Gasteiger charge is 2.28. The number of hydrogen-bond acceptors (Lipinski definition) is 4. The van der Waals surface area contributed by atoms with E-state index in [0.29, 0.717) is 12.1 Å². The molecular weight excluding hydrogens is 357 g/mol. The van der Waals surface area contributed by atoms with Crippen LogP contribution in [-0.2, 0) is 6.54 Å². The molecule has 4 aromatic rings. The van der Waals surface area contributed by atoms with Gasteiger partial charge in [-0.05, 0) is 53.2 Å². The van der Waals surface area contributed by atoms with Crippen LogP contribution in [0.2, 0.25) is 0 Å². The van der Waals surface area contributed by atoms with Gasteiger partial charge in [-0.3, -0.25) is 0 Å². The van der Waals surface area contributed by atoms with E-state index in [1.165, 1.54) is 15.6 Å². The smallest absolute Gasteiger partial charge is 0.135 e. The zero-order valence-corrected chi connectivity index (χ0v) is 15.7. The summed E-state index contributed by atoms with van der Waals surface area (Å²) in [6.07, 6.45) is 3.21. The topological polar surface area (TPSA) is 29.0 Å². The fraction of sp³-hybridized carbons (Fsp3) is 0.182. The molecule has 0 spiro atoms. The van der Waals surface area contributed by atoms with Crippen molar-refractivity contribution in [3.05, 3.63) is 82.7 Å². The van der Waals surface area contributed by atoms with Crippen LogP contribution in [0.3, 0.4) is 0 Å². The minimum atomic E-state index is -0.145. The van der Waals surface area contributed by atoms with E-state index in [2.05, 4.69) is 57.9 Å². The molecule has 1 atom stereocenters. The van der Waals surface area contributed by atoms with Crippen molar-refractivity contribution in [1.29, 1.82) is 0 Å². The van der Waals surface area contributed by atoms with Gasteiger partial charge in [0.25, 0.3) is 0 Å². The molecule has 0 amide bonds. The fourth-order valence-electron chi connectivity index (χ4n) is 4.03. The third kappa shape index (κ3) is 2.83. The van der Waals surface area contributed by atoms with Gasteiger partial charge in [0.2, 0.25) is 0 Å². The third-order valence-corrected chi connectivity index (χ3v) is 6.25. The van der Waals surface area contributed by atoms with Crippen molar-refractivity contribution in [2.24, 2.45) is 0 Å². The second-order valence-corrected chi connectivity index (χ2v) is 8.04. The summed E-state index contributed by atoms with van der Waals surface area (Å²) in [5, 5.41) is 11.1. The van der Waals surface area contributed by atoms with E-state index in [-0.39, 0.29) is 11.7 Å². The lowest BCUT2D eigenvalue weighted by Crippen LogP contribution is -2.31. The summed E-state index contributed by atoms with van der Waals surface area (Å²) >= 11 is 1.75. The van der Waals surface area contributed by atoms with Crippen LogP contribution in [-0.4, -0.2) is 28.7 Å². The van der Waals surface area contributed by atoms with Gasteiger partial charge in [-0.15, -0.1) is 11.3 Å². The summed E-state index contributed by atoms with van der Waals surface area (Å²) in [4.78, 5) is 2.20.